The summed E-state index contributed by atoms with van der Waals surface area (Å²) in [4.78, 5) is 10.7. The van der Waals surface area contributed by atoms with Crippen molar-refractivity contribution >= 4 is 5.97 Å². The van der Waals surface area contributed by atoms with Crippen molar-refractivity contribution in [3.8, 4) is 0 Å². The molecule has 0 aromatic heterocycles. The van der Waals surface area contributed by atoms with Gasteiger partial charge in [-0.25, -0.2) is 0 Å². The lowest BCUT2D eigenvalue weighted by atomic mass is 10.1. The maximum Gasteiger partial charge on any atom is 0.306 e. The molecule has 1 aliphatic rings. The van der Waals surface area contributed by atoms with E-state index in [0.717, 1.165) is 25.7 Å². The summed E-state index contributed by atoms with van der Waals surface area (Å²) in [6.07, 6.45) is 9.14. The molecule has 0 aromatic rings. The van der Waals surface area contributed by atoms with Crippen LogP contribution < -0.4 is 0 Å². The summed E-state index contributed by atoms with van der Waals surface area (Å²) < 4.78 is 5.07. The van der Waals surface area contributed by atoms with Gasteiger partial charge in [0, 0.05) is 6.42 Å². The molecule has 0 saturated carbocycles. The van der Waals surface area contributed by atoms with Crippen molar-refractivity contribution in [1.29, 1.82) is 0 Å². The largest absolute Gasteiger partial charge is 0.462 e. The molecule has 1 saturated heterocycles. The molecular weight excluding hydrogens is 152 g/mol. The van der Waals surface area contributed by atoms with E-state index in [1.165, 1.54) is 0 Å². The smallest absolute Gasteiger partial charge is 0.306 e. The first-order valence-corrected chi connectivity index (χ1v) is 4.67. The molecule has 1 heterocycles. The fourth-order valence-corrected chi connectivity index (χ4v) is 1.35. The predicted octanol–water partition coefficient (Wildman–Crippen LogP) is 2.44. The van der Waals surface area contributed by atoms with Crippen LogP contribution in [0.4, 0.5) is 0 Å². The van der Waals surface area contributed by atoms with E-state index in [9.17, 15) is 4.79 Å². The average molecular weight is 168 g/mol. The highest BCUT2D eigenvalue weighted by Crippen LogP contribution is 2.18. The summed E-state index contributed by atoms with van der Waals surface area (Å²) in [6, 6.07) is 0. The lowest BCUT2D eigenvalue weighted by Gasteiger charge is -2.05. The lowest BCUT2D eigenvalue weighted by Crippen LogP contribution is -2.05. The molecule has 1 rings (SSSR count). The third kappa shape index (κ3) is 3.07. The molecule has 0 spiro atoms. The van der Waals surface area contributed by atoms with Gasteiger partial charge in [-0.1, -0.05) is 19.1 Å². The lowest BCUT2D eigenvalue weighted by molar-refractivity contribution is -0.141. The predicted molar refractivity (Wildman–Crippen MR) is 47.8 cm³/mol. The normalized spacial score (nSPS) is 23.4. The van der Waals surface area contributed by atoms with Crippen LogP contribution in [0, 0.1) is 0 Å². The zero-order valence-electron chi connectivity index (χ0n) is 7.58. The third-order valence-corrected chi connectivity index (χ3v) is 2.03. The van der Waals surface area contributed by atoms with E-state index in [4.69, 9.17) is 4.74 Å². The summed E-state index contributed by atoms with van der Waals surface area (Å²) in [5.74, 6) is -0.0283. The van der Waals surface area contributed by atoms with Crippen LogP contribution in [0.3, 0.4) is 0 Å². The van der Waals surface area contributed by atoms with Gasteiger partial charge in [0.2, 0.25) is 0 Å². The first-order valence-electron chi connectivity index (χ1n) is 4.67. The van der Waals surface area contributed by atoms with Crippen LogP contribution in [0.15, 0.2) is 12.2 Å². The Morgan fingerprint density at radius 1 is 1.58 bits per heavy atom. The van der Waals surface area contributed by atoms with Crippen LogP contribution in [0.25, 0.3) is 0 Å². The molecule has 0 aromatic carbocycles. The first kappa shape index (κ1) is 9.30. The second kappa shape index (κ2) is 4.96. The topological polar surface area (TPSA) is 26.3 Å². The zero-order chi connectivity index (χ0) is 8.81. The SMILES string of the molecule is CC/C=C\CC[C@H]1CCC(=O)O1. The minimum absolute atomic E-state index is 0.0283. The number of allylic oxidation sites excluding steroid dienone is 2. The summed E-state index contributed by atoms with van der Waals surface area (Å²) in [5.41, 5.74) is 0. The van der Waals surface area contributed by atoms with E-state index in [-0.39, 0.29) is 12.1 Å². The van der Waals surface area contributed by atoms with E-state index in [1.807, 2.05) is 0 Å². The Labute approximate surface area is 73.6 Å². The first-order chi connectivity index (χ1) is 5.83. The third-order valence-electron chi connectivity index (χ3n) is 2.03. The highest BCUT2D eigenvalue weighted by Gasteiger charge is 2.21. The van der Waals surface area contributed by atoms with Gasteiger partial charge >= 0.3 is 5.97 Å². The maximum absolute atomic E-state index is 10.7. The number of hydrogen-bond acceptors (Lipinski definition) is 2. The van der Waals surface area contributed by atoms with E-state index in [0.29, 0.717) is 6.42 Å². The average Bonchev–Trinajstić information content (AvgIpc) is 2.45. The molecule has 0 radical (unpaired) electrons. The standard InChI is InChI=1S/C10H16O2/c1-2-3-4-5-6-9-7-8-10(11)12-9/h3-4,9H,2,5-8H2,1H3/b4-3-/t9-/m0/s1. The number of carbonyl (C=O) groups excluding carboxylic acids is 1. The quantitative estimate of drug-likeness (QED) is 0.476. The van der Waals surface area contributed by atoms with Crippen molar-refractivity contribution in [2.45, 2.75) is 45.1 Å². The van der Waals surface area contributed by atoms with E-state index in [1.54, 1.807) is 0 Å². The monoisotopic (exact) mass is 168 g/mol. The molecule has 0 aliphatic carbocycles. The van der Waals surface area contributed by atoms with Crippen LogP contribution in [0.2, 0.25) is 0 Å². The Morgan fingerprint density at radius 2 is 2.42 bits per heavy atom. The second-order valence-corrected chi connectivity index (χ2v) is 3.11. The Kier molecular flexibility index (Phi) is 3.85. The Balaban J connectivity index is 2.08. The fraction of sp³-hybridized carbons (Fsp3) is 0.700. The van der Waals surface area contributed by atoms with Crippen LogP contribution in [0.5, 0.6) is 0 Å². The summed E-state index contributed by atoms with van der Waals surface area (Å²) in [6.45, 7) is 2.12. The molecule has 0 amide bonds. The molecule has 0 unspecified atom stereocenters. The van der Waals surface area contributed by atoms with Crippen molar-refractivity contribution in [2.75, 3.05) is 0 Å². The molecule has 1 fully saturated rings. The fourth-order valence-electron chi connectivity index (χ4n) is 1.35. The van der Waals surface area contributed by atoms with Gasteiger partial charge in [0.15, 0.2) is 0 Å². The van der Waals surface area contributed by atoms with Crippen molar-refractivity contribution in [3.05, 3.63) is 12.2 Å². The molecule has 1 aliphatic heterocycles. The van der Waals surface area contributed by atoms with Crippen LogP contribution in [-0.4, -0.2) is 12.1 Å². The minimum atomic E-state index is -0.0283. The molecule has 0 bridgehead atoms. The molecule has 2 nitrogen and oxygen atoms in total. The van der Waals surface area contributed by atoms with Gasteiger partial charge < -0.3 is 4.74 Å². The number of cyclic esters (lactones) is 1. The van der Waals surface area contributed by atoms with Crippen LogP contribution >= 0.6 is 0 Å². The van der Waals surface area contributed by atoms with Crippen molar-refractivity contribution in [1.82, 2.24) is 0 Å². The number of hydrogen-bond donors (Lipinski definition) is 0. The van der Waals surface area contributed by atoms with E-state index >= 15 is 0 Å². The summed E-state index contributed by atoms with van der Waals surface area (Å²) >= 11 is 0. The molecule has 0 N–H and O–H groups in total. The van der Waals surface area contributed by atoms with Gasteiger partial charge in [-0.05, 0) is 25.7 Å². The van der Waals surface area contributed by atoms with Gasteiger partial charge in [-0.3, -0.25) is 4.79 Å². The highest BCUT2D eigenvalue weighted by molar-refractivity contribution is 5.71. The van der Waals surface area contributed by atoms with Crippen molar-refractivity contribution in [3.63, 3.8) is 0 Å². The Hall–Kier alpha value is -0.790. The van der Waals surface area contributed by atoms with E-state index in [2.05, 4.69) is 19.1 Å². The number of rotatable bonds is 4. The van der Waals surface area contributed by atoms with Gasteiger partial charge in [-0.15, -0.1) is 0 Å². The van der Waals surface area contributed by atoms with Gasteiger partial charge in [0.05, 0.1) is 0 Å². The van der Waals surface area contributed by atoms with Crippen molar-refractivity contribution < 1.29 is 9.53 Å². The molecular formula is C10H16O2. The minimum Gasteiger partial charge on any atom is -0.462 e. The maximum atomic E-state index is 10.7. The summed E-state index contributed by atoms with van der Waals surface area (Å²) in [7, 11) is 0. The molecule has 2 heteroatoms. The van der Waals surface area contributed by atoms with Crippen LogP contribution in [-0.2, 0) is 9.53 Å². The molecule has 12 heavy (non-hydrogen) atoms. The zero-order valence-corrected chi connectivity index (χ0v) is 7.58. The van der Waals surface area contributed by atoms with Crippen molar-refractivity contribution in [2.24, 2.45) is 0 Å². The highest BCUT2D eigenvalue weighted by atomic mass is 16.5. The molecule has 68 valence electrons. The number of carbonyl (C=O) groups is 1. The van der Waals surface area contributed by atoms with E-state index < -0.39 is 0 Å². The van der Waals surface area contributed by atoms with Gasteiger partial charge in [0.25, 0.3) is 0 Å². The van der Waals surface area contributed by atoms with Gasteiger partial charge in [0.1, 0.15) is 6.10 Å². The number of esters is 1. The second-order valence-electron chi connectivity index (χ2n) is 3.11. The number of ether oxygens (including phenoxy) is 1. The van der Waals surface area contributed by atoms with Crippen LogP contribution in [0.1, 0.15) is 39.0 Å². The molecule has 1 atom stereocenters. The Morgan fingerprint density at radius 3 is 3.00 bits per heavy atom. The summed E-state index contributed by atoms with van der Waals surface area (Å²) in [5, 5.41) is 0. The van der Waals surface area contributed by atoms with Gasteiger partial charge in [-0.2, -0.15) is 0 Å². The Bertz CT molecular complexity index is 173.